The van der Waals surface area contributed by atoms with E-state index in [4.69, 9.17) is 9.97 Å². The third-order valence-electron chi connectivity index (χ3n) is 5.19. The lowest BCUT2D eigenvalue weighted by molar-refractivity contribution is 0.319. The van der Waals surface area contributed by atoms with Gasteiger partial charge >= 0.3 is 0 Å². The Morgan fingerprint density at radius 3 is 1.65 bits per heavy atom. The van der Waals surface area contributed by atoms with Crippen LogP contribution in [0.3, 0.4) is 0 Å². The molecule has 2 aromatic rings. The van der Waals surface area contributed by atoms with Crippen molar-refractivity contribution in [2.24, 2.45) is 0 Å². The molecule has 0 fully saturated rings. The van der Waals surface area contributed by atoms with E-state index < -0.39 is 0 Å². The zero-order valence-corrected chi connectivity index (χ0v) is 14.5. The highest BCUT2D eigenvalue weighted by atomic mass is 15.1. The molecule has 0 saturated carbocycles. The number of hydrogen-bond donors (Lipinski definition) is 1. The van der Waals surface area contributed by atoms with Gasteiger partial charge < -0.3 is 0 Å². The van der Waals surface area contributed by atoms with Gasteiger partial charge in [-0.25, -0.2) is 9.97 Å². The van der Waals surface area contributed by atoms with E-state index in [0.717, 1.165) is 36.7 Å². The second-order valence-corrected chi connectivity index (χ2v) is 7.93. The highest BCUT2D eigenvalue weighted by Gasteiger charge is 2.41. The van der Waals surface area contributed by atoms with Gasteiger partial charge in [-0.3, -0.25) is 5.32 Å². The van der Waals surface area contributed by atoms with Crippen molar-refractivity contribution in [3.63, 3.8) is 0 Å². The fraction of sp³-hybridized carbons (Fsp3) is 0.500. The molecule has 0 bridgehead atoms. The molecule has 0 saturated heterocycles. The quantitative estimate of drug-likeness (QED) is 0.743. The number of nitrogens with zero attached hydrogens (tertiary/aromatic N) is 2. The lowest BCUT2D eigenvalue weighted by Gasteiger charge is -2.25. The number of hydrogen-bond acceptors (Lipinski definition) is 3. The monoisotopic (exact) mass is 307 g/mol. The van der Waals surface area contributed by atoms with Crippen LogP contribution in [0.25, 0.3) is 11.0 Å². The summed E-state index contributed by atoms with van der Waals surface area (Å²) in [6.45, 7) is 8.99. The SMILES string of the molecule is CC1(C)NC(C)(C)c2cc3nc4c(nc3cc21)CC/C=C/CC4. The van der Waals surface area contributed by atoms with Gasteiger partial charge in [0, 0.05) is 11.1 Å². The van der Waals surface area contributed by atoms with E-state index in [-0.39, 0.29) is 11.1 Å². The van der Waals surface area contributed by atoms with Gasteiger partial charge in [0.2, 0.25) is 0 Å². The molecule has 0 radical (unpaired) electrons. The number of benzene rings is 1. The van der Waals surface area contributed by atoms with Gasteiger partial charge in [-0.05, 0) is 76.6 Å². The van der Waals surface area contributed by atoms with E-state index in [1.807, 2.05) is 0 Å². The maximum atomic E-state index is 4.98. The largest absolute Gasteiger partial charge is 0.299 e. The number of nitrogens with one attached hydrogen (secondary N) is 1. The third-order valence-corrected chi connectivity index (χ3v) is 5.19. The number of allylic oxidation sites excluding steroid dienone is 2. The van der Waals surface area contributed by atoms with E-state index in [0.29, 0.717) is 0 Å². The van der Waals surface area contributed by atoms with Crippen LogP contribution in [0.15, 0.2) is 24.3 Å². The van der Waals surface area contributed by atoms with E-state index in [2.05, 4.69) is 57.3 Å². The highest BCUT2D eigenvalue weighted by Crippen LogP contribution is 2.42. The molecule has 2 heterocycles. The fourth-order valence-corrected chi connectivity index (χ4v) is 4.20. The molecule has 23 heavy (non-hydrogen) atoms. The Bertz CT molecular complexity index is 749. The smallest absolute Gasteiger partial charge is 0.0894 e. The summed E-state index contributed by atoms with van der Waals surface area (Å²) in [6.07, 6.45) is 8.68. The summed E-state index contributed by atoms with van der Waals surface area (Å²) in [5, 5.41) is 3.73. The van der Waals surface area contributed by atoms with Crippen molar-refractivity contribution in [1.29, 1.82) is 0 Å². The Morgan fingerprint density at radius 1 is 0.783 bits per heavy atom. The van der Waals surface area contributed by atoms with Gasteiger partial charge in [0.05, 0.1) is 22.4 Å². The van der Waals surface area contributed by atoms with Crippen molar-refractivity contribution >= 4 is 11.0 Å². The Hall–Kier alpha value is -1.74. The molecule has 0 amide bonds. The lowest BCUT2D eigenvalue weighted by atomic mass is 9.90. The first-order chi connectivity index (χ1) is 10.9. The normalized spacial score (nSPS) is 23.0. The molecule has 0 spiro atoms. The van der Waals surface area contributed by atoms with Crippen molar-refractivity contribution in [2.75, 3.05) is 0 Å². The van der Waals surface area contributed by atoms with Crippen molar-refractivity contribution in [1.82, 2.24) is 15.3 Å². The first kappa shape index (κ1) is 14.8. The van der Waals surface area contributed by atoms with Crippen molar-refractivity contribution in [2.45, 2.75) is 64.5 Å². The number of aromatic nitrogens is 2. The Kier molecular flexibility index (Phi) is 3.14. The highest BCUT2D eigenvalue weighted by molar-refractivity contribution is 5.78. The van der Waals surface area contributed by atoms with Crippen LogP contribution in [0.2, 0.25) is 0 Å². The second-order valence-electron chi connectivity index (χ2n) is 7.93. The van der Waals surface area contributed by atoms with Crippen LogP contribution >= 0.6 is 0 Å². The van der Waals surface area contributed by atoms with E-state index in [1.54, 1.807) is 0 Å². The summed E-state index contributed by atoms with van der Waals surface area (Å²) >= 11 is 0. The van der Waals surface area contributed by atoms with Crippen LogP contribution in [0, 0.1) is 0 Å². The van der Waals surface area contributed by atoms with Gasteiger partial charge in [-0.2, -0.15) is 0 Å². The predicted molar refractivity (Wildman–Crippen MR) is 94.5 cm³/mol. The molecule has 0 unspecified atom stereocenters. The van der Waals surface area contributed by atoms with Crippen LogP contribution < -0.4 is 5.32 Å². The van der Waals surface area contributed by atoms with Crippen molar-refractivity contribution in [3.8, 4) is 0 Å². The zero-order chi connectivity index (χ0) is 16.2. The molecule has 3 nitrogen and oxygen atoms in total. The standard InChI is InChI=1S/C20H25N3/c1-19(2)13-11-17-18(12-14(13)20(3,4)23-19)22-16-10-8-6-5-7-9-15(16)21-17/h5-6,11-12,23H,7-10H2,1-4H3/b6-5+. The molecular weight excluding hydrogens is 282 g/mol. The average Bonchev–Trinajstić information content (AvgIpc) is 2.62. The van der Waals surface area contributed by atoms with Crippen molar-refractivity contribution in [3.05, 3.63) is 46.8 Å². The van der Waals surface area contributed by atoms with E-state index in [9.17, 15) is 0 Å². The minimum atomic E-state index is -0.0261. The number of aryl methyl sites for hydroxylation is 2. The minimum absolute atomic E-state index is 0.0261. The van der Waals surface area contributed by atoms with Crippen molar-refractivity contribution < 1.29 is 0 Å². The Balaban J connectivity index is 1.93. The summed E-state index contributed by atoms with van der Waals surface area (Å²) in [5.74, 6) is 0. The molecule has 3 heteroatoms. The van der Waals surface area contributed by atoms with Crippen LogP contribution in [-0.4, -0.2) is 9.97 Å². The maximum absolute atomic E-state index is 4.98. The maximum Gasteiger partial charge on any atom is 0.0894 e. The molecule has 1 N–H and O–H groups in total. The lowest BCUT2D eigenvalue weighted by Crippen LogP contribution is -2.39. The van der Waals surface area contributed by atoms with Gasteiger partial charge in [0.25, 0.3) is 0 Å². The number of rotatable bonds is 0. The van der Waals surface area contributed by atoms with Gasteiger partial charge in [-0.15, -0.1) is 0 Å². The summed E-state index contributed by atoms with van der Waals surface area (Å²) in [6, 6.07) is 4.52. The molecule has 1 aromatic carbocycles. The van der Waals surface area contributed by atoms with Gasteiger partial charge in [0.15, 0.2) is 0 Å². The summed E-state index contributed by atoms with van der Waals surface area (Å²) in [4.78, 5) is 9.97. The van der Waals surface area contributed by atoms with Crippen LogP contribution in [0.1, 0.15) is 63.1 Å². The molecular formula is C20H25N3. The topological polar surface area (TPSA) is 37.8 Å². The zero-order valence-electron chi connectivity index (χ0n) is 14.5. The summed E-state index contributed by atoms with van der Waals surface area (Å²) in [5.41, 5.74) is 7.11. The minimum Gasteiger partial charge on any atom is -0.299 e. The Morgan fingerprint density at radius 2 is 1.22 bits per heavy atom. The van der Waals surface area contributed by atoms with E-state index in [1.165, 1.54) is 22.5 Å². The first-order valence-electron chi connectivity index (χ1n) is 8.66. The summed E-state index contributed by atoms with van der Waals surface area (Å²) in [7, 11) is 0. The van der Waals surface area contributed by atoms with Gasteiger partial charge in [-0.1, -0.05) is 12.2 Å². The molecule has 120 valence electrons. The number of fused-ring (bicyclic) bond motifs is 3. The summed E-state index contributed by atoms with van der Waals surface area (Å²) < 4.78 is 0. The second kappa shape index (κ2) is 4.88. The average molecular weight is 307 g/mol. The van der Waals surface area contributed by atoms with Crippen LogP contribution in [-0.2, 0) is 23.9 Å². The third kappa shape index (κ3) is 2.38. The van der Waals surface area contributed by atoms with Crippen LogP contribution in [0.5, 0.6) is 0 Å². The van der Waals surface area contributed by atoms with Gasteiger partial charge in [0.1, 0.15) is 0 Å². The van der Waals surface area contributed by atoms with Crippen LogP contribution in [0.4, 0.5) is 0 Å². The molecule has 1 aliphatic carbocycles. The fourth-order valence-electron chi connectivity index (χ4n) is 4.20. The van der Waals surface area contributed by atoms with E-state index >= 15 is 0 Å². The Labute approximate surface area is 138 Å². The molecule has 2 aliphatic rings. The molecule has 1 aliphatic heterocycles. The molecule has 0 atom stereocenters. The predicted octanol–water partition coefficient (Wildman–Crippen LogP) is 4.14. The molecule has 1 aromatic heterocycles. The first-order valence-corrected chi connectivity index (χ1v) is 8.66. The molecule has 4 rings (SSSR count).